The van der Waals surface area contributed by atoms with E-state index in [0.29, 0.717) is 11.4 Å². The van der Waals surface area contributed by atoms with Crippen molar-refractivity contribution in [2.24, 2.45) is 5.92 Å². The maximum Gasteiger partial charge on any atom is 0.243 e. The second-order valence-electron chi connectivity index (χ2n) is 5.93. The number of rotatable bonds is 4. The second kappa shape index (κ2) is 6.79. The molecule has 0 unspecified atom stereocenters. The zero-order chi connectivity index (χ0) is 16.3. The van der Waals surface area contributed by atoms with Crippen LogP contribution in [0.3, 0.4) is 0 Å². The number of amides is 1. The van der Waals surface area contributed by atoms with Gasteiger partial charge in [0, 0.05) is 27.2 Å². The van der Waals surface area contributed by atoms with Crippen molar-refractivity contribution < 1.29 is 13.2 Å². The average molecular weight is 324 g/mol. The third-order valence-electron chi connectivity index (χ3n) is 4.14. The van der Waals surface area contributed by atoms with Gasteiger partial charge < -0.3 is 4.90 Å². The summed E-state index contributed by atoms with van der Waals surface area (Å²) in [6, 6.07) is 7.01. The third-order valence-corrected chi connectivity index (χ3v) is 6.02. The van der Waals surface area contributed by atoms with E-state index in [0.717, 1.165) is 24.8 Å². The average Bonchev–Trinajstić information content (AvgIpc) is 2.54. The molecular weight excluding hydrogens is 300 g/mol. The van der Waals surface area contributed by atoms with Crippen LogP contribution in [0, 0.1) is 5.92 Å². The van der Waals surface area contributed by atoms with Crippen molar-refractivity contribution in [3.8, 4) is 0 Å². The smallest absolute Gasteiger partial charge is 0.243 e. The normalized spacial score (nSPS) is 19.9. The molecule has 5 nitrogen and oxygen atoms in total. The zero-order valence-corrected chi connectivity index (χ0v) is 14.3. The van der Waals surface area contributed by atoms with Crippen LogP contribution in [0.25, 0.3) is 0 Å². The molecule has 2 rings (SSSR count). The Bertz CT molecular complexity index is 623. The monoisotopic (exact) mass is 324 g/mol. The topological polar surface area (TPSA) is 57.7 Å². The van der Waals surface area contributed by atoms with Crippen molar-refractivity contribution in [1.29, 1.82) is 0 Å². The third kappa shape index (κ3) is 3.50. The summed E-state index contributed by atoms with van der Waals surface area (Å²) in [7, 11) is -0.101. The molecule has 1 aromatic rings. The van der Waals surface area contributed by atoms with E-state index >= 15 is 0 Å². The minimum Gasteiger partial charge on any atom is -0.349 e. The highest BCUT2D eigenvalue weighted by Gasteiger charge is 2.33. The summed E-state index contributed by atoms with van der Waals surface area (Å²) in [4.78, 5) is 13.9. The van der Waals surface area contributed by atoms with Gasteiger partial charge in [-0.3, -0.25) is 4.79 Å². The zero-order valence-electron chi connectivity index (χ0n) is 13.4. The maximum atomic E-state index is 12.7. The van der Waals surface area contributed by atoms with Crippen LogP contribution in [0.1, 0.15) is 25.3 Å². The molecule has 0 aliphatic carbocycles. The lowest BCUT2D eigenvalue weighted by atomic mass is 9.98. The van der Waals surface area contributed by atoms with Gasteiger partial charge in [0.2, 0.25) is 15.9 Å². The van der Waals surface area contributed by atoms with Crippen LogP contribution in [0.5, 0.6) is 0 Å². The molecule has 6 heteroatoms. The number of hydrogen-bond donors (Lipinski definition) is 0. The summed E-state index contributed by atoms with van der Waals surface area (Å²) in [5.41, 5.74) is 1.11. The van der Waals surface area contributed by atoms with Crippen LogP contribution in [0.15, 0.2) is 29.2 Å². The van der Waals surface area contributed by atoms with Gasteiger partial charge in [0.1, 0.15) is 0 Å². The predicted octanol–water partition coefficient (Wildman–Crippen LogP) is 1.74. The predicted molar refractivity (Wildman–Crippen MR) is 86.0 cm³/mol. The minimum absolute atomic E-state index is 0.00114. The second-order valence-corrected chi connectivity index (χ2v) is 7.87. The number of carbonyl (C=O) groups excluding carboxylic acids is 1. The van der Waals surface area contributed by atoms with Crippen molar-refractivity contribution in [3.05, 3.63) is 29.8 Å². The molecule has 1 atom stereocenters. The number of sulfonamides is 1. The number of aryl methyl sites for hydroxylation is 1. The first-order valence-electron chi connectivity index (χ1n) is 7.66. The lowest BCUT2D eigenvalue weighted by Gasteiger charge is -2.32. The van der Waals surface area contributed by atoms with Gasteiger partial charge in [-0.1, -0.05) is 19.1 Å². The number of carbonyl (C=O) groups is 1. The lowest BCUT2D eigenvalue weighted by Crippen LogP contribution is -2.45. The first-order valence-corrected chi connectivity index (χ1v) is 9.10. The molecule has 0 radical (unpaired) electrons. The van der Waals surface area contributed by atoms with Crippen molar-refractivity contribution in [2.45, 2.75) is 31.1 Å². The molecule has 0 N–H and O–H groups in total. The van der Waals surface area contributed by atoms with Gasteiger partial charge in [0.25, 0.3) is 0 Å². The molecule has 1 aliphatic rings. The van der Waals surface area contributed by atoms with Gasteiger partial charge in [-0.15, -0.1) is 0 Å². The van der Waals surface area contributed by atoms with Crippen molar-refractivity contribution in [3.63, 3.8) is 0 Å². The summed E-state index contributed by atoms with van der Waals surface area (Å²) >= 11 is 0. The van der Waals surface area contributed by atoms with E-state index in [2.05, 4.69) is 0 Å². The molecular formula is C16H24N2O3S. The molecule has 1 heterocycles. The Morgan fingerprint density at radius 1 is 1.27 bits per heavy atom. The quantitative estimate of drug-likeness (QED) is 0.847. The van der Waals surface area contributed by atoms with Crippen molar-refractivity contribution in [2.75, 3.05) is 27.2 Å². The molecule has 1 aromatic carbocycles. The number of benzene rings is 1. The summed E-state index contributed by atoms with van der Waals surface area (Å²) in [5, 5.41) is 0. The fourth-order valence-corrected chi connectivity index (χ4v) is 4.30. The van der Waals surface area contributed by atoms with Crippen LogP contribution in [-0.4, -0.2) is 50.7 Å². The van der Waals surface area contributed by atoms with E-state index in [1.807, 2.05) is 19.1 Å². The van der Waals surface area contributed by atoms with Crippen LogP contribution in [0.2, 0.25) is 0 Å². The molecule has 0 bridgehead atoms. The minimum atomic E-state index is -3.52. The molecule has 1 amide bonds. The van der Waals surface area contributed by atoms with E-state index < -0.39 is 10.0 Å². The molecule has 122 valence electrons. The standard InChI is InChI=1S/C16H24N2O3S/c1-4-13-7-9-15(10-8-13)22(20,21)18-11-5-6-14(12-18)16(19)17(2)3/h7-10,14H,4-6,11-12H2,1-3H3/t14-/m1/s1. The SMILES string of the molecule is CCc1ccc(S(=O)(=O)N2CCC[C@@H](C(=O)N(C)C)C2)cc1. The summed E-state index contributed by atoms with van der Waals surface area (Å²) in [6.07, 6.45) is 2.35. The van der Waals surface area contributed by atoms with Gasteiger partial charge in [-0.05, 0) is 37.0 Å². The highest BCUT2D eigenvalue weighted by atomic mass is 32.2. The van der Waals surface area contributed by atoms with E-state index in [4.69, 9.17) is 0 Å². The Kier molecular flexibility index (Phi) is 5.24. The van der Waals surface area contributed by atoms with Gasteiger partial charge in [0.05, 0.1) is 10.8 Å². The lowest BCUT2D eigenvalue weighted by molar-refractivity contribution is -0.134. The first kappa shape index (κ1) is 17.0. The van der Waals surface area contributed by atoms with Crippen molar-refractivity contribution in [1.82, 2.24) is 9.21 Å². The highest BCUT2D eigenvalue weighted by molar-refractivity contribution is 7.89. The molecule has 22 heavy (non-hydrogen) atoms. The Morgan fingerprint density at radius 3 is 2.45 bits per heavy atom. The largest absolute Gasteiger partial charge is 0.349 e. The van der Waals surface area contributed by atoms with Gasteiger partial charge in [0.15, 0.2) is 0 Å². The Balaban J connectivity index is 2.19. The van der Waals surface area contributed by atoms with E-state index in [1.165, 1.54) is 9.21 Å². The molecule has 0 aromatic heterocycles. The Morgan fingerprint density at radius 2 is 1.91 bits per heavy atom. The fraction of sp³-hybridized carbons (Fsp3) is 0.562. The summed E-state index contributed by atoms with van der Waals surface area (Å²) in [6.45, 7) is 2.79. The van der Waals surface area contributed by atoms with E-state index in [-0.39, 0.29) is 18.4 Å². The number of piperidine rings is 1. The summed E-state index contributed by atoms with van der Waals surface area (Å²) in [5.74, 6) is -0.241. The first-order chi connectivity index (χ1) is 10.4. The Labute approximate surface area is 133 Å². The number of hydrogen-bond acceptors (Lipinski definition) is 3. The molecule has 0 saturated carbocycles. The summed E-state index contributed by atoms with van der Waals surface area (Å²) < 4.78 is 26.9. The van der Waals surface area contributed by atoms with Gasteiger partial charge in [-0.25, -0.2) is 8.42 Å². The van der Waals surface area contributed by atoms with Crippen LogP contribution in [0.4, 0.5) is 0 Å². The van der Waals surface area contributed by atoms with Crippen LogP contribution < -0.4 is 0 Å². The van der Waals surface area contributed by atoms with E-state index in [1.54, 1.807) is 26.2 Å². The van der Waals surface area contributed by atoms with E-state index in [9.17, 15) is 13.2 Å². The molecule has 1 fully saturated rings. The Hall–Kier alpha value is -1.40. The van der Waals surface area contributed by atoms with Gasteiger partial charge >= 0.3 is 0 Å². The van der Waals surface area contributed by atoms with Crippen LogP contribution >= 0.6 is 0 Å². The maximum absolute atomic E-state index is 12.7. The molecule has 0 spiro atoms. The van der Waals surface area contributed by atoms with Gasteiger partial charge in [-0.2, -0.15) is 4.31 Å². The van der Waals surface area contributed by atoms with Crippen molar-refractivity contribution >= 4 is 15.9 Å². The molecule has 1 saturated heterocycles. The number of nitrogens with zero attached hydrogens (tertiary/aromatic N) is 2. The highest BCUT2D eigenvalue weighted by Crippen LogP contribution is 2.25. The fourth-order valence-electron chi connectivity index (χ4n) is 2.77. The van der Waals surface area contributed by atoms with Crippen LogP contribution in [-0.2, 0) is 21.2 Å². The molecule has 1 aliphatic heterocycles.